The maximum Gasteiger partial charge on any atom is 0.278 e. The van der Waals surface area contributed by atoms with Crippen LogP contribution in [0.15, 0.2) is 60.0 Å². The van der Waals surface area contributed by atoms with Crippen molar-refractivity contribution in [3.63, 3.8) is 0 Å². The maximum absolute atomic E-state index is 13.2. The molecular weight excluding hydrogens is 442 g/mol. The molecule has 0 unspecified atom stereocenters. The van der Waals surface area contributed by atoms with E-state index in [1.165, 1.54) is 22.0 Å². The molecule has 9 nitrogen and oxygen atoms in total. The average molecular weight is 472 g/mol. The standard InChI is InChI=1S/C26H29N7O2/c1-5-12-32-24(34)20-15-27-25(28-19-10-9-18-16-31(4)13-11-17(18)14-19)30-23(20)33(32)22-8-6-7-21(29-22)26(2,3)35/h5-10,14-15,35H,1,11-13,16H2,2-4H3,(H,27,28,30). The summed E-state index contributed by atoms with van der Waals surface area (Å²) in [5.74, 6) is 0.856. The summed E-state index contributed by atoms with van der Waals surface area (Å²) < 4.78 is 3.17. The van der Waals surface area contributed by atoms with Crippen LogP contribution < -0.4 is 10.9 Å². The zero-order chi connectivity index (χ0) is 24.7. The van der Waals surface area contributed by atoms with Crippen molar-refractivity contribution in [1.82, 2.24) is 29.2 Å². The summed E-state index contributed by atoms with van der Waals surface area (Å²) in [5.41, 5.74) is 3.08. The van der Waals surface area contributed by atoms with Crippen LogP contribution in [0.5, 0.6) is 0 Å². The molecule has 0 radical (unpaired) electrons. The van der Waals surface area contributed by atoms with Crippen LogP contribution in [0, 0.1) is 0 Å². The first-order valence-electron chi connectivity index (χ1n) is 11.6. The summed E-state index contributed by atoms with van der Waals surface area (Å²) in [6.07, 6.45) is 4.18. The van der Waals surface area contributed by atoms with Crippen LogP contribution in [-0.4, -0.2) is 47.9 Å². The van der Waals surface area contributed by atoms with Crippen molar-refractivity contribution in [1.29, 1.82) is 0 Å². The van der Waals surface area contributed by atoms with Crippen molar-refractivity contribution in [2.75, 3.05) is 18.9 Å². The fourth-order valence-electron chi connectivity index (χ4n) is 4.39. The predicted molar refractivity (Wildman–Crippen MR) is 136 cm³/mol. The molecule has 0 saturated carbocycles. The Hall–Kier alpha value is -3.82. The number of pyridine rings is 1. The first kappa shape index (κ1) is 22.9. The summed E-state index contributed by atoms with van der Waals surface area (Å²) in [5, 5.41) is 14.1. The highest BCUT2D eigenvalue weighted by Crippen LogP contribution is 2.25. The molecule has 0 amide bonds. The van der Waals surface area contributed by atoms with Gasteiger partial charge in [0.25, 0.3) is 5.56 Å². The Balaban J connectivity index is 1.60. The van der Waals surface area contributed by atoms with E-state index in [4.69, 9.17) is 4.98 Å². The summed E-state index contributed by atoms with van der Waals surface area (Å²) >= 11 is 0. The van der Waals surface area contributed by atoms with Gasteiger partial charge in [0, 0.05) is 25.0 Å². The van der Waals surface area contributed by atoms with E-state index in [9.17, 15) is 9.90 Å². The van der Waals surface area contributed by atoms with Crippen molar-refractivity contribution in [3.05, 3.63) is 82.4 Å². The number of anilines is 2. The van der Waals surface area contributed by atoms with Crippen molar-refractivity contribution in [2.24, 2.45) is 0 Å². The number of benzene rings is 1. The van der Waals surface area contributed by atoms with Gasteiger partial charge in [0.05, 0.1) is 12.2 Å². The lowest BCUT2D eigenvalue weighted by Crippen LogP contribution is -2.26. The summed E-state index contributed by atoms with van der Waals surface area (Å²) in [6.45, 7) is 9.37. The second-order valence-corrected chi connectivity index (χ2v) is 9.45. The highest BCUT2D eigenvalue weighted by atomic mass is 16.3. The molecule has 0 aliphatic carbocycles. The summed E-state index contributed by atoms with van der Waals surface area (Å²) in [6, 6.07) is 11.6. The third kappa shape index (κ3) is 4.36. The maximum atomic E-state index is 13.2. The molecule has 1 aliphatic rings. The summed E-state index contributed by atoms with van der Waals surface area (Å²) in [7, 11) is 2.13. The number of likely N-dealkylation sites (N-methyl/N-ethyl adjacent to an activating group) is 1. The predicted octanol–water partition coefficient (Wildman–Crippen LogP) is 3.12. The molecule has 4 heterocycles. The molecule has 180 valence electrons. The number of hydrogen-bond acceptors (Lipinski definition) is 7. The Morgan fingerprint density at radius 1 is 1.20 bits per heavy atom. The Morgan fingerprint density at radius 3 is 2.80 bits per heavy atom. The molecule has 1 aromatic carbocycles. The number of allylic oxidation sites excluding steroid dienone is 1. The van der Waals surface area contributed by atoms with Gasteiger partial charge < -0.3 is 15.3 Å². The number of nitrogens with zero attached hydrogens (tertiary/aromatic N) is 6. The Kier molecular flexibility index (Phi) is 5.74. The minimum absolute atomic E-state index is 0.236. The molecule has 0 fully saturated rings. The lowest BCUT2D eigenvalue weighted by atomic mass is 9.99. The molecule has 5 rings (SSSR count). The number of aliphatic hydroxyl groups is 1. The van der Waals surface area contributed by atoms with Gasteiger partial charge in [0.2, 0.25) is 5.95 Å². The van der Waals surface area contributed by atoms with Gasteiger partial charge >= 0.3 is 0 Å². The smallest absolute Gasteiger partial charge is 0.278 e. The molecule has 0 saturated heterocycles. The van der Waals surface area contributed by atoms with Crippen molar-refractivity contribution >= 4 is 22.7 Å². The molecule has 3 aromatic heterocycles. The quantitative estimate of drug-likeness (QED) is 0.417. The fraction of sp³-hybridized carbons (Fsp3) is 0.308. The van der Waals surface area contributed by atoms with Crippen LogP contribution in [0.3, 0.4) is 0 Å². The topological polar surface area (TPSA) is 101 Å². The third-order valence-electron chi connectivity index (χ3n) is 6.22. The third-order valence-corrected chi connectivity index (χ3v) is 6.22. The summed E-state index contributed by atoms with van der Waals surface area (Å²) in [4.78, 5) is 29.2. The largest absolute Gasteiger partial charge is 0.384 e. The molecule has 9 heteroatoms. The molecule has 0 spiro atoms. The average Bonchev–Trinajstić information content (AvgIpc) is 3.10. The van der Waals surface area contributed by atoms with E-state index in [1.807, 2.05) is 6.07 Å². The molecule has 35 heavy (non-hydrogen) atoms. The number of hydrogen-bond donors (Lipinski definition) is 2. The van der Waals surface area contributed by atoms with Crippen molar-refractivity contribution in [2.45, 2.75) is 39.0 Å². The van der Waals surface area contributed by atoms with E-state index in [2.05, 4.69) is 45.9 Å². The van der Waals surface area contributed by atoms with Gasteiger partial charge in [-0.2, -0.15) is 4.98 Å². The second-order valence-electron chi connectivity index (χ2n) is 9.45. The first-order valence-corrected chi connectivity index (χ1v) is 11.6. The molecular formula is C26H29N7O2. The van der Waals surface area contributed by atoms with Gasteiger partial charge in [0.15, 0.2) is 11.5 Å². The van der Waals surface area contributed by atoms with E-state index in [-0.39, 0.29) is 12.1 Å². The van der Waals surface area contributed by atoms with E-state index in [0.717, 1.165) is 25.2 Å². The highest BCUT2D eigenvalue weighted by molar-refractivity contribution is 5.77. The van der Waals surface area contributed by atoms with E-state index >= 15 is 0 Å². The van der Waals surface area contributed by atoms with Crippen molar-refractivity contribution in [3.8, 4) is 5.82 Å². The molecule has 1 aliphatic heterocycles. The van der Waals surface area contributed by atoms with Crippen LogP contribution in [0.2, 0.25) is 0 Å². The number of aromatic nitrogens is 5. The van der Waals surface area contributed by atoms with Crippen LogP contribution in [0.4, 0.5) is 11.6 Å². The monoisotopic (exact) mass is 471 g/mol. The first-order chi connectivity index (χ1) is 16.7. The SMILES string of the molecule is C=CCn1c(=O)c2cnc(Nc3ccc4c(c3)CCN(C)C4)nc2n1-c1cccc(C(C)(C)O)n1. The van der Waals surface area contributed by atoms with Gasteiger partial charge in [-0.3, -0.25) is 4.79 Å². The van der Waals surface area contributed by atoms with E-state index < -0.39 is 5.60 Å². The van der Waals surface area contributed by atoms with Gasteiger partial charge in [0.1, 0.15) is 11.0 Å². The molecule has 4 aromatic rings. The number of fused-ring (bicyclic) bond motifs is 2. The van der Waals surface area contributed by atoms with E-state index in [0.29, 0.717) is 28.5 Å². The minimum atomic E-state index is -1.13. The van der Waals surface area contributed by atoms with Crippen LogP contribution in [-0.2, 0) is 25.1 Å². The fourth-order valence-corrected chi connectivity index (χ4v) is 4.39. The Labute approximate surface area is 203 Å². The van der Waals surface area contributed by atoms with Crippen LogP contribution in [0.25, 0.3) is 16.9 Å². The minimum Gasteiger partial charge on any atom is -0.384 e. The molecule has 2 N–H and O–H groups in total. The zero-order valence-corrected chi connectivity index (χ0v) is 20.2. The van der Waals surface area contributed by atoms with Gasteiger partial charge in [-0.25, -0.2) is 19.3 Å². The van der Waals surface area contributed by atoms with Crippen LogP contribution >= 0.6 is 0 Å². The van der Waals surface area contributed by atoms with Gasteiger partial charge in [-0.1, -0.05) is 18.2 Å². The van der Waals surface area contributed by atoms with Crippen LogP contribution in [0.1, 0.15) is 30.7 Å². The number of rotatable bonds is 6. The second kappa shape index (κ2) is 8.75. The number of nitrogens with one attached hydrogen (secondary N) is 1. The van der Waals surface area contributed by atoms with Gasteiger partial charge in [-0.15, -0.1) is 6.58 Å². The Morgan fingerprint density at radius 2 is 2.03 bits per heavy atom. The normalized spacial score (nSPS) is 14.2. The van der Waals surface area contributed by atoms with E-state index in [1.54, 1.807) is 42.8 Å². The molecule has 0 atom stereocenters. The lowest BCUT2D eigenvalue weighted by Gasteiger charge is -2.25. The zero-order valence-electron chi connectivity index (χ0n) is 20.2. The van der Waals surface area contributed by atoms with Crippen molar-refractivity contribution < 1.29 is 5.11 Å². The Bertz CT molecular complexity index is 1480. The lowest BCUT2D eigenvalue weighted by molar-refractivity contribution is 0.0738. The van der Waals surface area contributed by atoms with Gasteiger partial charge in [-0.05, 0) is 62.7 Å². The molecule has 0 bridgehead atoms. The highest BCUT2D eigenvalue weighted by Gasteiger charge is 2.22.